The number of allylic oxidation sites excluding steroid dienone is 4. The van der Waals surface area contributed by atoms with E-state index in [2.05, 4.69) is 73.6 Å². The molecule has 5 nitrogen and oxygen atoms in total. The van der Waals surface area contributed by atoms with Crippen LogP contribution in [0.25, 0.3) is 10.8 Å². The number of aromatic amines is 1. The van der Waals surface area contributed by atoms with Crippen molar-refractivity contribution in [2.45, 2.75) is 33.4 Å². The fourth-order valence-corrected chi connectivity index (χ4v) is 4.96. The zero-order valence-electron chi connectivity index (χ0n) is 19.4. The van der Waals surface area contributed by atoms with E-state index >= 15 is 0 Å². The number of H-pyrrole nitrogens is 1. The molecule has 168 valence electrons. The lowest BCUT2D eigenvalue weighted by atomic mass is 9.76. The van der Waals surface area contributed by atoms with Gasteiger partial charge in [0.25, 0.3) is 0 Å². The first-order valence-electron chi connectivity index (χ1n) is 11.8. The topological polar surface area (TPSA) is 78.6 Å². The zero-order valence-corrected chi connectivity index (χ0v) is 19.4. The molecular weight excluding hydrogens is 406 g/mol. The quantitative estimate of drug-likeness (QED) is 0.410. The number of anilines is 1. The van der Waals surface area contributed by atoms with Gasteiger partial charge in [0.1, 0.15) is 23.6 Å². The smallest absolute Gasteiger partial charge is 0.146 e. The summed E-state index contributed by atoms with van der Waals surface area (Å²) in [5.41, 5.74) is 9.56. The number of nitrogens with two attached hydrogens (primary N) is 1. The lowest BCUT2D eigenvalue weighted by Crippen LogP contribution is -2.27. The molecule has 2 heterocycles. The highest BCUT2D eigenvalue weighted by atomic mass is 15.2. The van der Waals surface area contributed by atoms with E-state index in [0.29, 0.717) is 23.6 Å². The molecule has 2 aromatic carbocycles. The third-order valence-electron chi connectivity index (χ3n) is 7.03. The minimum Gasteiger partial charge on any atom is -0.385 e. The second kappa shape index (κ2) is 8.74. The first-order chi connectivity index (χ1) is 16.1. The molecule has 1 aliphatic heterocycles. The molecule has 0 bridgehead atoms. The van der Waals surface area contributed by atoms with E-state index in [-0.39, 0.29) is 6.17 Å². The van der Waals surface area contributed by atoms with Gasteiger partial charge in [0.15, 0.2) is 0 Å². The van der Waals surface area contributed by atoms with Crippen LogP contribution in [0.4, 0.5) is 11.6 Å². The largest absolute Gasteiger partial charge is 0.385 e. The summed E-state index contributed by atoms with van der Waals surface area (Å²) in [4.78, 5) is 13.4. The van der Waals surface area contributed by atoms with Crippen molar-refractivity contribution in [1.29, 1.82) is 0 Å². The molecule has 0 fully saturated rings. The number of nitrogen functional groups attached to an aromatic ring is 1. The maximum atomic E-state index is 6.19. The van der Waals surface area contributed by atoms with Gasteiger partial charge in [0.05, 0.1) is 0 Å². The van der Waals surface area contributed by atoms with Crippen molar-refractivity contribution in [2.75, 3.05) is 5.73 Å². The van der Waals surface area contributed by atoms with Crippen molar-refractivity contribution in [3.05, 3.63) is 84.0 Å². The summed E-state index contributed by atoms with van der Waals surface area (Å²) >= 11 is 0. The Hall–Kier alpha value is -3.60. The SMILES string of the molecule is CCC(C)C1C=CC=CC1/C(C)=N/C1N/C(=N\c2[nH]c(N)c3ccccc23)c2ccccc21. The highest BCUT2D eigenvalue weighted by Crippen LogP contribution is 2.35. The van der Waals surface area contributed by atoms with Gasteiger partial charge in [-0.25, -0.2) is 4.99 Å². The Balaban J connectivity index is 1.50. The fourth-order valence-electron chi connectivity index (χ4n) is 4.96. The summed E-state index contributed by atoms with van der Waals surface area (Å²) in [7, 11) is 0. The number of aliphatic imine (C=N–C) groups is 2. The molecule has 3 aromatic rings. The third-order valence-corrected chi connectivity index (χ3v) is 7.03. The van der Waals surface area contributed by atoms with Crippen molar-refractivity contribution in [2.24, 2.45) is 27.7 Å². The molecule has 0 saturated heterocycles. The normalized spacial score (nSPS) is 24.3. The number of fused-ring (bicyclic) bond motifs is 2. The second-order valence-electron chi connectivity index (χ2n) is 9.06. The van der Waals surface area contributed by atoms with Gasteiger partial charge in [-0.3, -0.25) is 4.99 Å². The lowest BCUT2D eigenvalue weighted by Gasteiger charge is -2.29. The van der Waals surface area contributed by atoms with Crippen LogP contribution < -0.4 is 11.1 Å². The van der Waals surface area contributed by atoms with Crippen molar-refractivity contribution in [3.8, 4) is 0 Å². The highest BCUT2D eigenvalue weighted by molar-refractivity contribution is 6.08. The van der Waals surface area contributed by atoms with Crippen LogP contribution in [0.1, 0.15) is 44.5 Å². The maximum absolute atomic E-state index is 6.19. The molecule has 4 unspecified atom stereocenters. The van der Waals surface area contributed by atoms with Gasteiger partial charge in [-0.1, -0.05) is 93.1 Å². The Morgan fingerprint density at radius 1 is 1.03 bits per heavy atom. The average molecular weight is 438 g/mol. The molecule has 1 aromatic heterocycles. The van der Waals surface area contributed by atoms with Crippen LogP contribution in [0.5, 0.6) is 0 Å². The van der Waals surface area contributed by atoms with E-state index in [4.69, 9.17) is 15.7 Å². The standard InChI is InChI=1S/C28H31N5/c1-4-17(2)19-11-5-6-12-20(19)18(3)30-26-23-15-9-10-16-24(23)28(32-26)33-27-22-14-8-7-13-21(22)25(29)31-27/h5-17,19-20,26,31H,4,29H2,1-3H3,(H,32,33)/b30-18+. The van der Waals surface area contributed by atoms with E-state index in [1.807, 2.05) is 30.3 Å². The second-order valence-corrected chi connectivity index (χ2v) is 9.06. The first-order valence-corrected chi connectivity index (χ1v) is 11.8. The summed E-state index contributed by atoms with van der Waals surface area (Å²) < 4.78 is 0. The summed E-state index contributed by atoms with van der Waals surface area (Å²) in [5.74, 6) is 3.60. The van der Waals surface area contributed by atoms with Gasteiger partial charge in [-0.2, -0.15) is 0 Å². The molecule has 33 heavy (non-hydrogen) atoms. The van der Waals surface area contributed by atoms with E-state index in [1.54, 1.807) is 0 Å². The Bertz CT molecular complexity index is 1290. The Morgan fingerprint density at radius 3 is 2.58 bits per heavy atom. The van der Waals surface area contributed by atoms with Gasteiger partial charge in [0.2, 0.25) is 0 Å². The number of benzene rings is 2. The average Bonchev–Trinajstić information content (AvgIpc) is 3.36. The molecule has 0 amide bonds. The van der Waals surface area contributed by atoms with Crippen molar-refractivity contribution >= 4 is 34.0 Å². The summed E-state index contributed by atoms with van der Waals surface area (Å²) in [6.45, 7) is 6.74. The molecule has 1 aliphatic carbocycles. The number of hydrogen-bond acceptors (Lipinski definition) is 3. The van der Waals surface area contributed by atoms with Gasteiger partial charge >= 0.3 is 0 Å². The number of nitrogens with one attached hydrogen (secondary N) is 2. The van der Waals surface area contributed by atoms with Crippen LogP contribution in [0.3, 0.4) is 0 Å². The zero-order chi connectivity index (χ0) is 22.9. The van der Waals surface area contributed by atoms with Gasteiger partial charge in [-0.05, 0) is 18.8 Å². The number of rotatable bonds is 5. The Morgan fingerprint density at radius 2 is 1.76 bits per heavy atom. The predicted octanol–water partition coefficient (Wildman–Crippen LogP) is 6.30. The number of amidine groups is 1. The molecular formula is C28H31N5. The van der Waals surface area contributed by atoms with Gasteiger partial charge in [-0.15, -0.1) is 0 Å². The van der Waals surface area contributed by atoms with Crippen molar-refractivity contribution in [3.63, 3.8) is 0 Å². The van der Waals surface area contributed by atoms with Crippen LogP contribution in [-0.2, 0) is 0 Å². The van der Waals surface area contributed by atoms with Crippen LogP contribution in [-0.4, -0.2) is 16.5 Å². The molecule has 5 heteroatoms. The maximum Gasteiger partial charge on any atom is 0.146 e. The van der Waals surface area contributed by atoms with Crippen molar-refractivity contribution < 1.29 is 0 Å². The lowest BCUT2D eigenvalue weighted by molar-refractivity contribution is 0.379. The summed E-state index contributed by atoms with van der Waals surface area (Å²) in [6.07, 6.45) is 9.94. The molecule has 0 radical (unpaired) electrons. The number of aromatic nitrogens is 1. The third kappa shape index (κ3) is 3.88. The van der Waals surface area contributed by atoms with E-state index in [0.717, 1.165) is 45.7 Å². The van der Waals surface area contributed by atoms with Crippen LogP contribution in [0.2, 0.25) is 0 Å². The van der Waals surface area contributed by atoms with E-state index in [9.17, 15) is 0 Å². The molecule has 0 saturated carbocycles. The minimum absolute atomic E-state index is 0.157. The summed E-state index contributed by atoms with van der Waals surface area (Å²) in [5, 5.41) is 5.57. The molecule has 2 aliphatic rings. The van der Waals surface area contributed by atoms with Crippen molar-refractivity contribution in [1.82, 2.24) is 10.3 Å². The highest BCUT2D eigenvalue weighted by Gasteiger charge is 2.30. The first kappa shape index (κ1) is 21.3. The molecule has 4 atom stereocenters. The Kier molecular flexibility index (Phi) is 5.63. The fraction of sp³-hybridized carbons (Fsp3) is 0.286. The van der Waals surface area contributed by atoms with Crippen LogP contribution in [0, 0.1) is 17.8 Å². The Labute approximate surface area is 195 Å². The molecule has 5 rings (SSSR count). The monoisotopic (exact) mass is 437 g/mol. The molecule has 4 N–H and O–H groups in total. The minimum atomic E-state index is -0.157. The van der Waals surface area contributed by atoms with Crippen LogP contribution >= 0.6 is 0 Å². The van der Waals surface area contributed by atoms with Gasteiger partial charge in [0, 0.05) is 33.5 Å². The van der Waals surface area contributed by atoms with Crippen LogP contribution in [0.15, 0.2) is 82.8 Å². The molecule has 0 spiro atoms. The number of hydrogen-bond donors (Lipinski definition) is 3. The van der Waals surface area contributed by atoms with E-state index < -0.39 is 0 Å². The van der Waals surface area contributed by atoms with E-state index in [1.165, 1.54) is 0 Å². The summed E-state index contributed by atoms with van der Waals surface area (Å²) in [6, 6.07) is 16.4. The number of nitrogens with zero attached hydrogens (tertiary/aromatic N) is 2. The van der Waals surface area contributed by atoms with Gasteiger partial charge < -0.3 is 16.0 Å². The predicted molar refractivity (Wildman–Crippen MR) is 139 cm³/mol.